The molecule has 23 heavy (non-hydrogen) atoms. The maximum absolute atomic E-state index is 12.9. The predicted octanol–water partition coefficient (Wildman–Crippen LogP) is 2.07. The first-order valence-corrected chi connectivity index (χ1v) is 8.52. The number of nitrogens with one attached hydrogen (secondary N) is 1. The monoisotopic (exact) mass is 318 g/mol. The Labute approximate surface area is 137 Å². The van der Waals surface area contributed by atoms with Gasteiger partial charge in [-0.3, -0.25) is 4.79 Å². The van der Waals surface area contributed by atoms with Crippen molar-refractivity contribution >= 4 is 5.91 Å². The predicted molar refractivity (Wildman–Crippen MR) is 88.9 cm³/mol. The molecular weight excluding hydrogens is 292 g/mol. The third-order valence-corrected chi connectivity index (χ3v) is 4.41. The minimum absolute atomic E-state index is 0.0492. The van der Waals surface area contributed by atoms with E-state index in [1.807, 2.05) is 29.2 Å². The highest BCUT2D eigenvalue weighted by atomic mass is 16.5. The zero-order chi connectivity index (χ0) is 16.2. The number of hydrogen-bond acceptors (Lipinski definition) is 4. The Bertz CT molecular complexity index is 533. The molecule has 1 N–H and O–H groups in total. The molecule has 2 saturated heterocycles. The Balaban J connectivity index is 1.69. The van der Waals surface area contributed by atoms with Crippen LogP contribution < -0.4 is 10.1 Å². The van der Waals surface area contributed by atoms with E-state index in [1.165, 1.54) is 0 Å². The number of nitrogens with zero attached hydrogens (tertiary/aromatic N) is 1. The second kappa shape index (κ2) is 7.32. The van der Waals surface area contributed by atoms with Gasteiger partial charge in [0.25, 0.3) is 5.91 Å². The Morgan fingerprint density at radius 3 is 2.74 bits per heavy atom. The van der Waals surface area contributed by atoms with Crippen molar-refractivity contribution in [3.05, 3.63) is 29.8 Å². The summed E-state index contributed by atoms with van der Waals surface area (Å²) in [4.78, 5) is 14.8. The molecule has 5 heteroatoms. The second-order valence-corrected chi connectivity index (χ2v) is 6.62. The molecule has 1 aromatic carbocycles. The van der Waals surface area contributed by atoms with Crippen molar-refractivity contribution in [1.82, 2.24) is 10.2 Å². The highest BCUT2D eigenvalue weighted by molar-refractivity contribution is 5.97. The fourth-order valence-electron chi connectivity index (χ4n) is 3.39. The lowest BCUT2D eigenvalue weighted by atomic mass is 10.1. The summed E-state index contributed by atoms with van der Waals surface area (Å²) in [7, 11) is 0. The molecule has 126 valence electrons. The van der Waals surface area contributed by atoms with Gasteiger partial charge in [-0.05, 0) is 38.8 Å². The van der Waals surface area contributed by atoms with E-state index in [9.17, 15) is 4.79 Å². The molecule has 0 radical (unpaired) electrons. The molecule has 0 aliphatic carbocycles. The molecule has 0 unspecified atom stereocenters. The number of carbonyl (C=O) groups is 1. The van der Waals surface area contributed by atoms with Crippen LogP contribution in [0.3, 0.4) is 0 Å². The van der Waals surface area contributed by atoms with Crippen LogP contribution in [0.1, 0.15) is 37.0 Å². The fourth-order valence-corrected chi connectivity index (χ4v) is 3.39. The fraction of sp³-hybridized carbons (Fsp3) is 0.611. The van der Waals surface area contributed by atoms with Gasteiger partial charge in [-0.15, -0.1) is 0 Å². The van der Waals surface area contributed by atoms with Crippen molar-refractivity contribution < 1.29 is 14.3 Å². The van der Waals surface area contributed by atoms with Gasteiger partial charge in [-0.1, -0.05) is 12.1 Å². The SMILES string of the molecule is C[C@@H]1CN(C(=O)c2ccccc2OC[C@H]2CCCO2)C[C@H](C)N1. The second-order valence-electron chi connectivity index (χ2n) is 6.62. The minimum Gasteiger partial charge on any atom is -0.490 e. The highest BCUT2D eigenvalue weighted by Gasteiger charge is 2.27. The first-order chi connectivity index (χ1) is 11.1. The maximum atomic E-state index is 12.9. The minimum atomic E-state index is 0.0492. The lowest BCUT2D eigenvalue weighted by Crippen LogP contribution is -2.55. The van der Waals surface area contributed by atoms with Gasteiger partial charge in [0.2, 0.25) is 0 Å². The van der Waals surface area contributed by atoms with Crippen LogP contribution in [0.15, 0.2) is 24.3 Å². The zero-order valence-corrected chi connectivity index (χ0v) is 14.0. The Morgan fingerprint density at radius 1 is 1.30 bits per heavy atom. The van der Waals surface area contributed by atoms with Gasteiger partial charge >= 0.3 is 0 Å². The summed E-state index contributed by atoms with van der Waals surface area (Å²) in [6, 6.07) is 8.14. The molecule has 0 saturated carbocycles. The smallest absolute Gasteiger partial charge is 0.257 e. The third-order valence-electron chi connectivity index (χ3n) is 4.41. The van der Waals surface area contributed by atoms with Gasteiger partial charge in [-0.25, -0.2) is 0 Å². The largest absolute Gasteiger partial charge is 0.490 e. The molecule has 3 rings (SSSR count). The van der Waals surface area contributed by atoms with Crippen LogP contribution in [0.4, 0.5) is 0 Å². The van der Waals surface area contributed by atoms with E-state index in [0.717, 1.165) is 32.5 Å². The normalized spacial score (nSPS) is 27.9. The number of ether oxygens (including phenoxy) is 2. The van der Waals surface area contributed by atoms with E-state index in [1.54, 1.807) is 0 Å². The quantitative estimate of drug-likeness (QED) is 0.923. The van der Waals surface area contributed by atoms with Gasteiger partial charge in [0.05, 0.1) is 11.7 Å². The average molecular weight is 318 g/mol. The Hall–Kier alpha value is -1.59. The molecule has 0 spiro atoms. The number of benzene rings is 1. The van der Waals surface area contributed by atoms with Gasteiger partial charge in [0.1, 0.15) is 12.4 Å². The van der Waals surface area contributed by atoms with E-state index >= 15 is 0 Å². The van der Waals surface area contributed by atoms with E-state index < -0.39 is 0 Å². The van der Waals surface area contributed by atoms with Gasteiger partial charge in [-0.2, -0.15) is 0 Å². The molecule has 2 fully saturated rings. The Kier molecular flexibility index (Phi) is 5.18. The standard InChI is InChI=1S/C18H26N2O3/c1-13-10-20(11-14(2)19-13)18(21)16-7-3-4-8-17(16)23-12-15-6-5-9-22-15/h3-4,7-8,13-15,19H,5-6,9-12H2,1-2H3/t13-,14+,15-/m1/s1. The van der Waals surface area contributed by atoms with Crippen LogP contribution in [-0.2, 0) is 4.74 Å². The number of piperazine rings is 1. The number of amides is 1. The number of para-hydroxylation sites is 1. The van der Waals surface area contributed by atoms with Crippen LogP contribution in [0, 0.1) is 0 Å². The van der Waals surface area contributed by atoms with Crippen LogP contribution in [0.25, 0.3) is 0 Å². The van der Waals surface area contributed by atoms with Crippen LogP contribution in [0.2, 0.25) is 0 Å². The summed E-state index contributed by atoms with van der Waals surface area (Å²) in [5.41, 5.74) is 0.645. The number of hydrogen-bond donors (Lipinski definition) is 1. The van der Waals surface area contributed by atoms with Crippen molar-refractivity contribution in [3.63, 3.8) is 0 Å². The van der Waals surface area contributed by atoms with Gasteiger partial charge in [0.15, 0.2) is 0 Å². The van der Waals surface area contributed by atoms with E-state index in [2.05, 4.69) is 19.2 Å². The first kappa shape index (κ1) is 16.3. The average Bonchev–Trinajstić information content (AvgIpc) is 3.05. The third kappa shape index (κ3) is 4.03. The lowest BCUT2D eigenvalue weighted by Gasteiger charge is -2.36. The Morgan fingerprint density at radius 2 is 2.04 bits per heavy atom. The summed E-state index contributed by atoms with van der Waals surface area (Å²) in [6.45, 7) is 6.99. The lowest BCUT2D eigenvalue weighted by molar-refractivity contribution is 0.0621. The zero-order valence-electron chi connectivity index (χ0n) is 14.0. The molecular formula is C18H26N2O3. The maximum Gasteiger partial charge on any atom is 0.257 e. The van der Waals surface area contributed by atoms with Crippen LogP contribution in [0.5, 0.6) is 5.75 Å². The van der Waals surface area contributed by atoms with E-state index in [4.69, 9.17) is 9.47 Å². The van der Waals surface area contributed by atoms with E-state index in [0.29, 0.717) is 30.0 Å². The molecule has 1 aromatic rings. The summed E-state index contributed by atoms with van der Waals surface area (Å²) in [5, 5.41) is 3.45. The summed E-state index contributed by atoms with van der Waals surface area (Å²) in [5.74, 6) is 0.708. The molecule has 3 atom stereocenters. The van der Waals surface area contributed by atoms with Gasteiger partial charge in [0, 0.05) is 31.8 Å². The highest BCUT2D eigenvalue weighted by Crippen LogP contribution is 2.23. The number of carbonyl (C=O) groups excluding carboxylic acids is 1. The first-order valence-electron chi connectivity index (χ1n) is 8.52. The molecule has 5 nitrogen and oxygen atoms in total. The van der Waals surface area contributed by atoms with Crippen LogP contribution in [-0.4, -0.2) is 55.3 Å². The summed E-state index contributed by atoms with van der Waals surface area (Å²) < 4.78 is 11.5. The van der Waals surface area contributed by atoms with Crippen molar-refractivity contribution in [2.75, 3.05) is 26.3 Å². The van der Waals surface area contributed by atoms with Crippen molar-refractivity contribution in [3.8, 4) is 5.75 Å². The molecule has 2 heterocycles. The van der Waals surface area contributed by atoms with Gasteiger partial charge < -0.3 is 19.7 Å². The van der Waals surface area contributed by atoms with Crippen molar-refractivity contribution in [2.24, 2.45) is 0 Å². The summed E-state index contributed by atoms with van der Waals surface area (Å²) >= 11 is 0. The van der Waals surface area contributed by atoms with E-state index in [-0.39, 0.29) is 12.0 Å². The van der Waals surface area contributed by atoms with Crippen molar-refractivity contribution in [1.29, 1.82) is 0 Å². The molecule has 2 aliphatic heterocycles. The summed E-state index contributed by atoms with van der Waals surface area (Å²) in [6.07, 6.45) is 2.27. The molecule has 2 aliphatic rings. The number of rotatable bonds is 4. The molecule has 1 amide bonds. The molecule has 0 bridgehead atoms. The topological polar surface area (TPSA) is 50.8 Å². The van der Waals surface area contributed by atoms with Crippen LogP contribution >= 0.6 is 0 Å². The van der Waals surface area contributed by atoms with Crippen molar-refractivity contribution in [2.45, 2.75) is 44.9 Å². The molecule has 0 aromatic heterocycles.